The van der Waals surface area contributed by atoms with Gasteiger partial charge in [0.2, 0.25) is 0 Å². The van der Waals surface area contributed by atoms with Crippen LogP contribution < -0.4 is 4.90 Å². The van der Waals surface area contributed by atoms with E-state index in [1.807, 2.05) is 18.3 Å². The van der Waals surface area contributed by atoms with Gasteiger partial charge in [0.05, 0.1) is 6.54 Å². The molecule has 24 heavy (non-hydrogen) atoms. The van der Waals surface area contributed by atoms with E-state index in [0.29, 0.717) is 6.04 Å². The van der Waals surface area contributed by atoms with E-state index in [-0.39, 0.29) is 0 Å². The van der Waals surface area contributed by atoms with Gasteiger partial charge >= 0.3 is 0 Å². The molecule has 0 amide bonds. The van der Waals surface area contributed by atoms with Crippen molar-refractivity contribution in [3.05, 3.63) is 82.9 Å². The van der Waals surface area contributed by atoms with Crippen LogP contribution in [0.5, 0.6) is 0 Å². The van der Waals surface area contributed by atoms with Crippen LogP contribution in [0.3, 0.4) is 0 Å². The number of H-pyrrole nitrogens is 1. The van der Waals surface area contributed by atoms with Gasteiger partial charge in [-0.25, -0.2) is 4.98 Å². The molecular formula is C20H22ClN3. The summed E-state index contributed by atoms with van der Waals surface area (Å²) in [5, 5.41) is 0.775. The molecule has 0 bridgehead atoms. The smallest absolute Gasteiger partial charge is 0.125 e. The minimum absolute atomic E-state index is 0.390. The summed E-state index contributed by atoms with van der Waals surface area (Å²) in [7, 11) is 0. The van der Waals surface area contributed by atoms with Gasteiger partial charge in [-0.15, -0.1) is 0 Å². The van der Waals surface area contributed by atoms with Crippen molar-refractivity contribution in [3.8, 4) is 0 Å². The molecule has 0 saturated carbocycles. The van der Waals surface area contributed by atoms with Crippen LogP contribution in [0, 0.1) is 0 Å². The summed E-state index contributed by atoms with van der Waals surface area (Å²) in [5.74, 6) is 0.979. The summed E-state index contributed by atoms with van der Waals surface area (Å²) < 4.78 is 0. The van der Waals surface area contributed by atoms with Crippen LogP contribution in [0.4, 0.5) is 5.69 Å². The minimum Gasteiger partial charge on any atom is -0.362 e. The second kappa shape index (κ2) is 7.54. The quantitative estimate of drug-likeness (QED) is 0.680. The molecule has 0 radical (unpaired) electrons. The topological polar surface area (TPSA) is 31.9 Å². The molecule has 0 aliphatic carbocycles. The Morgan fingerprint density at radius 3 is 2.54 bits per heavy atom. The Balaban J connectivity index is 1.80. The van der Waals surface area contributed by atoms with Gasteiger partial charge in [-0.05, 0) is 55.7 Å². The van der Waals surface area contributed by atoms with Crippen LogP contribution in [0.1, 0.15) is 30.8 Å². The highest BCUT2D eigenvalue weighted by Crippen LogP contribution is 2.22. The number of anilines is 1. The molecule has 3 nitrogen and oxygen atoms in total. The second-order valence-electron chi connectivity index (χ2n) is 6.23. The van der Waals surface area contributed by atoms with Gasteiger partial charge in [0.15, 0.2) is 0 Å². The summed E-state index contributed by atoms with van der Waals surface area (Å²) in [4.78, 5) is 9.89. The fourth-order valence-electron chi connectivity index (χ4n) is 2.80. The summed E-state index contributed by atoms with van der Waals surface area (Å²) in [6.45, 7) is 5.18. The third kappa shape index (κ3) is 4.18. The maximum absolute atomic E-state index is 5.97. The summed E-state index contributed by atoms with van der Waals surface area (Å²) in [6, 6.07) is 17.2. The van der Waals surface area contributed by atoms with Crippen LogP contribution >= 0.6 is 11.6 Å². The van der Waals surface area contributed by atoms with Gasteiger partial charge in [0.25, 0.3) is 0 Å². The van der Waals surface area contributed by atoms with E-state index >= 15 is 0 Å². The van der Waals surface area contributed by atoms with Crippen molar-refractivity contribution in [2.75, 3.05) is 4.90 Å². The molecule has 4 heteroatoms. The molecule has 3 aromatic rings. The predicted molar refractivity (Wildman–Crippen MR) is 101 cm³/mol. The lowest BCUT2D eigenvalue weighted by Crippen LogP contribution is -2.30. The number of imidazole rings is 1. The Morgan fingerprint density at radius 2 is 1.88 bits per heavy atom. The monoisotopic (exact) mass is 339 g/mol. The fraction of sp³-hybridized carbons (Fsp3) is 0.250. The van der Waals surface area contributed by atoms with E-state index in [2.05, 4.69) is 65.1 Å². The van der Waals surface area contributed by atoms with Crippen molar-refractivity contribution in [3.63, 3.8) is 0 Å². The van der Waals surface area contributed by atoms with Crippen molar-refractivity contribution in [2.45, 2.75) is 32.9 Å². The molecule has 0 unspecified atom stereocenters. The molecule has 0 aliphatic rings. The zero-order chi connectivity index (χ0) is 16.9. The number of rotatable bonds is 6. The van der Waals surface area contributed by atoms with Gasteiger partial charge in [0.1, 0.15) is 5.82 Å². The minimum atomic E-state index is 0.390. The molecule has 3 rings (SSSR count). The zero-order valence-electron chi connectivity index (χ0n) is 14.0. The maximum atomic E-state index is 5.97. The number of halogens is 1. The van der Waals surface area contributed by atoms with E-state index in [4.69, 9.17) is 11.6 Å². The van der Waals surface area contributed by atoms with Gasteiger partial charge in [0, 0.05) is 29.1 Å². The number of nitrogens with zero attached hydrogens (tertiary/aromatic N) is 2. The average Bonchev–Trinajstić information content (AvgIpc) is 3.08. The van der Waals surface area contributed by atoms with Crippen LogP contribution in [0.2, 0.25) is 5.02 Å². The summed E-state index contributed by atoms with van der Waals surface area (Å²) in [5.41, 5.74) is 3.77. The Morgan fingerprint density at radius 1 is 1.08 bits per heavy atom. The maximum Gasteiger partial charge on any atom is 0.125 e. The van der Waals surface area contributed by atoms with Gasteiger partial charge < -0.3 is 9.88 Å². The molecule has 124 valence electrons. The first-order chi connectivity index (χ1) is 11.6. The van der Waals surface area contributed by atoms with Crippen LogP contribution in [0.15, 0.2) is 60.9 Å². The first-order valence-electron chi connectivity index (χ1n) is 8.20. The highest BCUT2D eigenvalue weighted by molar-refractivity contribution is 6.30. The SMILES string of the molecule is CC(C)N(Cc1ncc[nH]1)c1cccc(Cc2ccc(Cl)cc2)c1. The molecule has 0 aliphatic heterocycles. The van der Waals surface area contributed by atoms with Crippen molar-refractivity contribution in [1.29, 1.82) is 0 Å². The standard InChI is InChI=1S/C20H22ClN3/c1-15(2)24(14-20-22-10-11-23-20)19-5-3-4-17(13-19)12-16-6-8-18(21)9-7-16/h3-11,13,15H,12,14H2,1-2H3,(H,22,23). The predicted octanol–water partition coefficient (Wildman–Crippen LogP) is 5.07. The largest absolute Gasteiger partial charge is 0.362 e. The van der Waals surface area contributed by atoms with Crippen molar-refractivity contribution < 1.29 is 0 Å². The highest BCUT2D eigenvalue weighted by Gasteiger charge is 2.13. The second-order valence-corrected chi connectivity index (χ2v) is 6.67. The number of hydrogen-bond acceptors (Lipinski definition) is 2. The summed E-state index contributed by atoms with van der Waals surface area (Å²) >= 11 is 5.97. The Hall–Kier alpha value is -2.26. The molecule has 1 aromatic heterocycles. The lowest BCUT2D eigenvalue weighted by atomic mass is 10.0. The van der Waals surface area contributed by atoms with Crippen LogP contribution in [0.25, 0.3) is 0 Å². The van der Waals surface area contributed by atoms with Crippen molar-refractivity contribution >= 4 is 17.3 Å². The first kappa shape index (κ1) is 16.6. The van der Waals surface area contributed by atoms with E-state index < -0.39 is 0 Å². The first-order valence-corrected chi connectivity index (χ1v) is 8.58. The molecule has 0 saturated heterocycles. The molecule has 0 fully saturated rings. The Bertz CT molecular complexity index is 764. The molecule has 1 N–H and O–H groups in total. The normalized spacial score (nSPS) is 11.0. The van der Waals surface area contributed by atoms with E-state index in [1.54, 1.807) is 6.20 Å². The average molecular weight is 340 g/mol. The fourth-order valence-corrected chi connectivity index (χ4v) is 2.93. The number of benzene rings is 2. The highest BCUT2D eigenvalue weighted by atomic mass is 35.5. The third-order valence-electron chi connectivity index (χ3n) is 4.06. The van der Waals surface area contributed by atoms with Crippen molar-refractivity contribution in [1.82, 2.24) is 9.97 Å². The van der Waals surface area contributed by atoms with Crippen LogP contribution in [-0.2, 0) is 13.0 Å². The molecule has 1 heterocycles. The molecule has 0 atom stereocenters. The third-order valence-corrected chi connectivity index (χ3v) is 4.31. The van der Waals surface area contributed by atoms with E-state index in [1.165, 1.54) is 16.8 Å². The number of nitrogens with one attached hydrogen (secondary N) is 1. The van der Waals surface area contributed by atoms with E-state index in [9.17, 15) is 0 Å². The lowest BCUT2D eigenvalue weighted by Gasteiger charge is -2.28. The van der Waals surface area contributed by atoms with E-state index in [0.717, 1.165) is 23.8 Å². The summed E-state index contributed by atoms with van der Waals surface area (Å²) in [6.07, 6.45) is 4.56. The molecule has 0 spiro atoms. The van der Waals surface area contributed by atoms with Gasteiger partial charge in [-0.1, -0.05) is 35.9 Å². The number of hydrogen-bond donors (Lipinski definition) is 1. The van der Waals surface area contributed by atoms with Crippen LogP contribution in [-0.4, -0.2) is 16.0 Å². The Labute approximate surface area is 148 Å². The number of aromatic amines is 1. The molecule has 2 aromatic carbocycles. The van der Waals surface area contributed by atoms with Crippen molar-refractivity contribution in [2.24, 2.45) is 0 Å². The lowest BCUT2D eigenvalue weighted by molar-refractivity contribution is 0.666. The zero-order valence-corrected chi connectivity index (χ0v) is 14.8. The molecular weight excluding hydrogens is 318 g/mol. The Kier molecular flexibility index (Phi) is 5.21. The number of aromatic nitrogens is 2. The van der Waals surface area contributed by atoms with Gasteiger partial charge in [-0.3, -0.25) is 0 Å². The van der Waals surface area contributed by atoms with Gasteiger partial charge in [-0.2, -0.15) is 0 Å².